The molecule has 0 saturated carbocycles. The number of rotatable bonds is 17. The molecule has 0 bridgehead atoms. The summed E-state index contributed by atoms with van der Waals surface area (Å²) in [6.45, 7) is 4.20. The number of aliphatic hydroxyl groups is 1. The first kappa shape index (κ1) is 22.9. The molecule has 0 aliphatic rings. The minimum atomic E-state index is 0.233. The van der Waals surface area contributed by atoms with Gasteiger partial charge in [-0.15, -0.1) is 0 Å². The Labute approximate surface area is 150 Å². The molecular weight excluding hydrogens is 294 g/mol. The van der Waals surface area contributed by atoms with E-state index in [4.69, 9.17) is 5.11 Å². The van der Waals surface area contributed by atoms with Gasteiger partial charge in [-0.25, -0.2) is 0 Å². The summed E-state index contributed by atoms with van der Waals surface area (Å²) in [7, 11) is 0. The zero-order chi connectivity index (χ0) is 17.6. The molecule has 0 fully saturated rings. The Kier molecular flexibility index (Phi) is 20.9. The second kappa shape index (κ2) is 21.9. The van der Waals surface area contributed by atoms with E-state index in [9.17, 15) is 0 Å². The van der Waals surface area contributed by atoms with Crippen molar-refractivity contribution in [3.8, 4) is 0 Å². The molecular formula is C22H39NO. The molecule has 0 aromatic heterocycles. The van der Waals surface area contributed by atoms with Crippen molar-refractivity contribution < 1.29 is 5.11 Å². The van der Waals surface area contributed by atoms with Crippen molar-refractivity contribution in [2.45, 2.75) is 71.1 Å². The summed E-state index contributed by atoms with van der Waals surface area (Å²) in [5, 5.41) is 11.8. The van der Waals surface area contributed by atoms with Gasteiger partial charge in [0.05, 0.1) is 6.61 Å². The van der Waals surface area contributed by atoms with E-state index in [1.807, 2.05) is 0 Å². The number of hydrogen-bond donors (Lipinski definition) is 2. The van der Waals surface area contributed by atoms with Crippen LogP contribution in [0.3, 0.4) is 0 Å². The molecule has 2 nitrogen and oxygen atoms in total. The van der Waals surface area contributed by atoms with Gasteiger partial charge >= 0.3 is 0 Å². The molecule has 0 aliphatic carbocycles. The predicted molar refractivity (Wildman–Crippen MR) is 108 cm³/mol. The monoisotopic (exact) mass is 333 g/mol. The molecule has 24 heavy (non-hydrogen) atoms. The number of hydrogen-bond acceptors (Lipinski definition) is 2. The predicted octanol–water partition coefficient (Wildman–Crippen LogP) is 5.71. The van der Waals surface area contributed by atoms with Crippen LogP contribution in [0, 0.1) is 0 Å². The number of nitrogens with one attached hydrogen (secondary N) is 1. The lowest BCUT2D eigenvalue weighted by atomic mass is 10.2. The summed E-state index contributed by atoms with van der Waals surface area (Å²) in [5.74, 6) is 0. The summed E-state index contributed by atoms with van der Waals surface area (Å²) in [5.41, 5.74) is 0. The summed E-state index contributed by atoms with van der Waals surface area (Å²) in [6, 6.07) is 0. The van der Waals surface area contributed by atoms with Gasteiger partial charge in [0.1, 0.15) is 0 Å². The van der Waals surface area contributed by atoms with E-state index < -0.39 is 0 Å². The average molecular weight is 334 g/mol. The third-order valence-corrected chi connectivity index (χ3v) is 3.72. The SMILES string of the molecule is CCCCC/C=C/C/C=C/C/C=C/C/C=C/CCCCNCCO. The standard InChI is InChI=1S/C22H39NO/c1-2-3-4-5-6-7-8-9-10-11-12-13-14-15-16-17-18-19-20-23-21-22-24/h6-7,9-10,12-13,15-16,23-24H,2-5,8,11,14,17-22H2,1H3/b7-6+,10-9+,13-12+,16-15+. The van der Waals surface area contributed by atoms with Crippen molar-refractivity contribution in [3.05, 3.63) is 48.6 Å². The third-order valence-electron chi connectivity index (χ3n) is 3.72. The van der Waals surface area contributed by atoms with Crippen LogP contribution in [-0.4, -0.2) is 24.8 Å². The highest BCUT2D eigenvalue weighted by Crippen LogP contribution is 2.01. The number of allylic oxidation sites excluding steroid dienone is 8. The van der Waals surface area contributed by atoms with Crippen LogP contribution in [-0.2, 0) is 0 Å². The van der Waals surface area contributed by atoms with Gasteiger partial charge in [-0.2, -0.15) is 0 Å². The first-order chi connectivity index (χ1) is 11.9. The van der Waals surface area contributed by atoms with Crippen molar-refractivity contribution in [3.63, 3.8) is 0 Å². The minimum absolute atomic E-state index is 0.233. The van der Waals surface area contributed by atoms with Gasteiger partial charge in [0.25, 0.3) is 0 Å². The van der Waals surface area contributed by atoms with E-state index in [2.05, 4.69) is 60.8 Å². The van der Waals surface area contributed by atoms with Gasteiger partial charge in [-0.3, -0.25) is 0 Å². The Balaban J connectivity index is 3.33. The Morgan fingerprint density at radius 3 is 1.62 bits per heavy atom. The lowest BCUT2D eigenvalue weighted by molar-refractivity contribution is 0.292. The van der Waals surface area contributed by atoms with Crippen LogP contribution in [0.5, 0.6) is 0 Å². The van der Waals surface area contributed by atoms with Crippen molar-refractivity contribution in [2.24, 2.45) is 0 Å². The Morgan fingerprint density at radius 1 is 0.625 bits per heavy atom. The molecule has 0 saturated heterocycles. The molecule has 0 heterocycles. The zero-order valence-electron chi connectivity index (χ0n) is 15.8. The molecule has 0 rings (SSSR count). The van der Waals surface area contributed by atoms with Crippen LogP contribution < -0.4 is 5.32 Å². The molecule has 0 amide bonds. The van der Waals surface area contributed by atoms with E-state index in [0.29, 0.717) is 6.54 Å². The average Bonchev–Trinajstić information content (AvgIpc) is 2.60. The quantitative estimate of drug-likeness (QED) is 0.264. The van der Waals surface area contributed by atoms with Crippen LogP contribution in [0.2, 0.25) is 0 Å². The molecule has 2 N–H and O–H groups in total. The molecule has 0 spiro atoms. The van der Waals surface area contributed by atoms with Gasteiger partial charge < -0.3 is 10.4 Å². The number of unbranched alkanes of at least 4 members (excludes halogenated alkanes) is 5. The largest absolute Gasteiger partial charge is 0.395 e. The van der Waals surface area contributed by atoms with E-state index in [0.717, 1.165) is 32.2 Å². The van der Waals surface area contributed by atoms with Crippen molar-refractivity contribution in [2.75, 3.05) is 19.7 Å². The maximum Gasteiger partial charge on any atom is 0.0555 e. The fraction of sp³-hybridized carbons (Fsp3) is 0.636. The topological polar surface area (TPSA) is 32.3 Å². The second-order valence-corrected chi connectivity index (χ2v) is 6.06. The minimum Gasteiger partial charge on any atom is -0.395 e. The molecule has 0 aromatic rings. The van der Waals surface area contributed by atoms with E-state index in [-0.39, 0.29) is 6.61 Å². The third kappa shape index (κ3) is 20.9. The van der Waals surface area contributed by atoms with Gasteiger partial charge in [0, 0.05) is 6.54 Å². The van der Waals surface area contributed by atoms with E-state index in [1.165, 1.54) is 38.5 Å². The van der Waals surface area contributed by atoms with Crippen molar-refractivity contribution in [1.29, 1.82) is 0 Å². The first-order valence-electron chi connectivity index (χ1n) is 9.83. The lowest BCUT2D eigenvalue weighted by Crippen LogP contribution is -2.19. The van der Waals surface area contributed by atoms with Gasteiger partial charge in [0.15, 0.2) is 0 Å². The maximum atomic E-state index is 8.63. The van der Waals surface area contributed by atoms with E-state index in [1.54, 1.807) is 0 Å². The Hall–Kier alpha value is -1.12. The molecule has 0 aliphatic heterocycles. The highest BCUT2D eigenvalue weighted by atomic mass is 16.3. The second-order valence-electron chi connectivity index (χ2n) is 6.06. The molecule has 0 atom stereocenters. The zero-order valence-corrected chi connectivity index (χ0v) is 15.8. The van der Waals surface area contributed by atoms with Gasteiger partial charge in [0.2, 0.25) is 0 Å². The first-order valence-corrected chi connectivity index (χ1v) is 9.83. The van der Waals surface area contributed by atoms with Crippen LogP contribution in [0.15, 0.2) is 48.6 Å². The van der Waals surface area contributed by atoms with Crippen molar-refractivity contribution >= 4 is 0 Å². The lowest BCUT2D eigenvalue weighted by Gasteiger charge is -2.00. The summed E-state index contributed by atoms with van der Waals surface area (Å²) in [6.07, 6.45) is 30.0. The van der Waals surface area contributed by atoms with Crippen LogP contribution in [0.4, 0.5) is 0 Å². The molecule has 0 radical (unpaired) electrons. The highest BCUT2D eigenvalue weighted by Gasteiger charge is 1.86. The fourth-order valence-electron chi connectivity index (χ4n) is 2.28. The van der Waals surface area contributed by atoms with Crippen molar-refractivity contribution in [1.82, 2.24) is 5.32 Å². The Morgan fingerprint density at radius 2 is 1.12 bits per heavy atom. The summed E-state index contributed by atoms with van der Waals surface area (Å²) < 4.78 is 0. The normalized spacial score (nSPS) is 12.6. The molecule has 2 heteroatoms. The van der Waals surface area contributed by atoms with E-state index >= 15 is 0 Å². The smallest absolute Gasteiger partial charge is 0.0555 e. The summed E-state index contributed by atoms with van der Waals surface area (Å²) >= 11 is 0. The highest BCUT2D eigenvalue weighted by molar-refractivity contribution is 4.99. The Bertz CT molecular complexity index is 342. The maximum absolute atomic E-state index is 8.63. The van der Waals surface area contributed by atoms with Crippen LogP contribution >= 0.6 is 0 Å². The van der Waals surface area contributed by atoms with Crippen LogP contribution in [0.25, 0.3) is 0 Å². The summed E-state index contributed by atoms with van der Waals surface area (Å²) in [4.78, 5) is 0. The molecule has 0 unspecified atom stereocenters. The molecule has 138 valence electrons. The molecule has 0 aromatic carbocycles. The number of aliphatic hydroxyl groups excluding tert-OH is 1. The van der Waals surface area contributed by atoms with Gasteiger partial charge in [-0.1, -0.05) is 68.4 Å². The van der Waals surface area contributed by atoms with Gasteiger partial charge in [-0.05, 0) is 57.9 Å². The fourth-order valence-corrected chi connectivity index (χ4v) is 2.28. The van der Waals surface area contributed by atoms with Crippen LogP contribution in [0.1, 0.15) is 71.1 Å².